The number of carboxylic acids is 1. The van der Waals surface area contributed by atoms with Gasteiger partial charge in [0.15, 0.2) is 5.69 Å². The number of rotatable bonds is 8. The molecule has 6 atom stereocenters. The lowest BCUT2D eigenvalue weighted by atomic mass is 9.68. The van der Waals surface area contributed by atoms with E-state index in [9.17, 15) is 14.7 Å². The summed E-state index contributed by atoms with van der Waals surface area (Å²) in [4.78, 5) is 38.8. The van der Waals surface area contributed by atoms with E-state index < -0.39 is 5.97 Å². The Morgan fingerprint density at radius 3 is 2.30 bits per heavy atom. The molecule has 0 spiro atoms. The third kappa shape index (κ3) is 5.56. The lowest BCUT2D eigenvalue weighted by Gasteiger charge is -2.55. The Balaban J connectivity index is 1.35. The number of hydrogen-bond acceptors (Lipinski definition) is 6. The fraction of sp³-hybridized carbons (Fsp3) is 0.688. The first-order valence-corrected chi connectivity index (χ1v) is 15.6. The zero-order valence-electron chi connectivity index (χ0n) is 24.0. The number of para-hydroxylation sites is 2. The third-order valence-corrected chi connectivity index (χ3v) is 9.91. The van der Waals surface area contributed by atoms with Crippen LogP contribution >= 0.6 is 0 Å². The molecule has 6 rings (SSSR count). The van der Waals surface area contributed by atoms with Crippen LogP contribution in [0.3, 0.4) is 0 Å². The lowest BCUT2D eigenvalue weighted by Crippen LogP contribution is -2.58. The second-order valence-corrected chi connectivity index (χ2v) is 13.0. The van der Waals surface area contributed by atoms with Crippen molar-refractivity contribution in [3.05, 3.63) is 40.3 Å². The minimum atomic E-state index is -0.939. The minimum Gasteiger partial charge on any atom is -0.481 e. The van der Waals surface area contributed by atoms with Gasteiger partial charge in [0.25, 0.3) is 5.56 Å². The van der Waals surface area contributed by atoms with Crippen LogP contribution < -0.4 is 5.56 Å². The molecular formula is C32H44N4O4. The van der Waals surface area contributed by atoms with E-state index >= 15 is 0 Å². The molecule has 2 saturated carbocycles. The van der Waals surface area contributed by atoms with E-state index in [2.05, 4.69) is 10.1 Å². The van der Waals surface area contributed by atoms with Crippen LogP contribution in [0.1, 0.15) is 109 Å². The highest BCUT2D eigenvalue weighted by Gasteiger charge is 2.45. The van der Waals surface area contributed by atoms with E-state index in [4.69, 9.17) is 9.82 Å². The lowest BCUT2D eigenvalue weighted by molar-refractivity contribution is -0.136. The van der Waals surface area contributed by atoms with Crippen molar-refractivity contribution in [2.45, 2.75) is 128 Å². The standard InChI is InChI=1S/C32H44N4O4/c1-20(2)40-34-28(13-14-30(37)38)31-32(39)36(29-12-4-3-11-27(29)33-31)26-18-23-9-6-10-24(19-26)35(23)25-16-21-7-5-8-22(15-21)17-25/h3-4,11-12,20-26H,5-10,13-19H2,1-2H3,(H,37,38)/t21-,22?,23+,24?,25?,26-/m0/s1. The van der Waals surface area contributed by atoms with Gasteiger partial charge in [0.05, 0.1) is 17.5 Å². The molecule has 2 aliphatic heterocycles. The number of aromatic nitrogens is 2. The predicted molar refractivity (Wildman–Crippen MR) is 156 cm³/mol. The van der Waals surface area contributed by atoms with Crippen molar-refractivity contribution < 1.29 is 14.7 Å². The Morgan fingerprint density at radius 2 is 1.62 bits per heavy atom. The summed E-state index contributed by atoms with van der Waals surface area (Å²) in [5.74, 6) is 0.870. The molecule has 0 radical (unpaired) electrons. The molecule has 1 N–H and O–H groups in total. The first-order chi connectivity index (χ1) is 19.4. The fourth-order valence-electron chi connectivity index (χ4n) is 8.44. The van der Waals surface area contributed by atoms with Crippen molar-refractivity contribution in [1.82, 2.24) is 14.5 Å². The van der Waals surface area contributed by atoms with Gasteiger partial charge in [-0.25, -0.2) is 4.98 Å². The summed E-state index contributed by atoms with van der Waals surface area (Å²) >= 11 is 0. The van der Waals surface area contributed by atoms with Crippen LogP contribution in [0.15, 0.2) is 34.2 Å². The normalized spacial score (nSPS) is 30.9. The monoisotopic (exact) mass is 548 g/mol. The first kappa shape index (κ1) is 27.4. The maximum absolute atomic E-state index is 14.3. The van der Waals surface area contributed by atoms with Crippen LogP contribution in [-0.4, -0.2) is 55.5 Å². The molecule has 4 aliphatic rings. The molecule has 2 saturated heterocycles. The minimum absolute atomic E-state index is 0.0838. The fourth-order valence-corrected chi connectivity index (χ4v) is 8.44. The van der Waals surface area contributed by atoms with Crippen molar-refractivity contribution in [1.29, 1.82) is 0 Å². The van der Waals surface area contributed by atoms with Crippen LogP contribution in [0, 0.1) is 11.8 Å². The molecule has 0 amide bonds. The molecular weight excluding hydrogens is 504 g/mol. The zero-order chi connectivity index (χ0) is 27.8. The number of fused-ring (bicyclic) bond motifs is 5. The van der Waals surface area contributed by atoms with Crippen molar-refractivity contribution >= 4 is 22.7 Å². The Kier molecular flexibility index (Phi) is 7.98. The first-order valence-electron chi connectivity index (χ1n) is 15.6. The highest BCUT2D eigenvalue weighted by atomic mass is 16.6. The molecule has 216 valence electrons. The van der Waals surface area contributed by atoms with Crippen LogP contribution in [0.2, 0.25) is 0 Å². The average molecular weight is 549 g/mol. The van der Waals surface area contributed by atoms with Crippen LogP contribution in [0.5, 0.6) is 0 Å². The topological polar surface area (TPSA) is 97.0 Å². The van der Waals surface area contributed by atoms with Gasteiger partial charge in [-0.3, -0.25) is 14.5 Å². The molecule has 3 heterocycles. The molecule has 1 aromatic heterocycles. The predicted octanol–water partition coefficient (Wildman–Crippen LogP) is 5.92. The second-order valence-electron chi connectivity index (χ2n) is 13.0. The van der Waals surface area contributed by atoms with Crippen molar-refractivity contribution in [2.24, 2.45) is 17.0 Å². The quantitative estimate of drug-likeness (QED) is 0.325. The molecule has 2 aromatic rings. The summed E-state index contributed by atoms with van der Waals surface area (Å²) in [5, 5.41) is 13.6. The number of carboxylic acid groups (broad SMARTS) is 1. The number of hydrogen-bond donors (Lipinski definition) is 1. The Hall–Kier alpha value is -2.74. The average Bonchev–Trinajstić information content (AvgIpc) is 2.92. The molecule has 40 heavy (non-hydrogen) atoms. The van der Waals surface area contributed by atoms with Gasteiger partial charge >= 0.3 is 5.97 Å². The summed E-state index contributed by atoms with van der Waals surface area (Å²) in [6, 6.07) is 9.63. The molecule has 8 nitrogen and oxygen atoms in total. The van der Waals surface area contributed by atoms with Gasteiger partial charge in [-0.1, -0.05) is 43.0 Å². The van der Waals surface area contributed by atoms with E-state index in [1.807, 2.05) is 42.7 Å². The zero-order valence-corrected chi connectivity index (χ0v) is 24.0. The Labute approximate surface area is 236 Å². The summed E-state index contributed by atoms with van der Waals surface area (Å²) in [6.07, 6.45) is 13.8. The molecule has 4 bridgehead atoms. The van der Waals surface area contributed by atoms with E-state index in [-0.39, 0.29) is 36.2 Å². The van der Waals surface area contributed by atoms with E-state index in [1.54, 1.807) is 0 Å². The van der Waals surface area contributed by atoms with E-state index in [0.717, 1.165) is 35.7 Å². The van der Waals surface area contributed by atoms with Gasteiger partial charge in [0.1, 0.15) is 11.8 Å². The van der Waals surface area contributed by atoms with Gasteiger partial charge in [-0.05, 0) is 82.8 Å². The van der Waals surface area contributed by atoms with E-state index in [0.29, 0.717) is 23.8 Å². The van der Waals surface area contributed by atoms with Crippen LogP contribution in [0.25, 0.3) is 11.0 Å². The Bertz CT molecular complexity index is 1290. The van der Waals surface area contributed by atoms with E-state index in [1.165, 1.54) is 57.8 Å². The van der Waals surface area contributed by atoms with Gasteiger partial charge in [-0.15, -0.1) is 0 Å². The number of nitrogens with zero attached hydrogens (tertiary/aromatic N) is 4. The van der Waals surface area contributed by atoms with Gasteiger partial charge < -0.3 is 14.5 Å². The Morgan fingerprint density at radius 1 is 0.950 bits per heavy atom. The number of aliphatic carboxylic acids is 1. The summed E-state index contributed by atoms with van der Waals surface area (Å²) in [7, 11) is 0. The summed E-state index contributed by atoms with van der Waals surface area (Å²) in [6.45, 7) is 3.72. The maximum atomic E-state index is 14.3. The SMILES string of the molecule is CC(C)ON=C(CCC(=O)O)c1nc2ccccc2n([C@@H]2CC3CCC[C@H](C2)N3C2CC3CCC[C@@H](C3)C2)c1=O. The van der Waals surface area contributed by atoms with Crippen molar-refractivity contribution in [2.75, 3.05) is 0 Å². The number of piperidine rings is 2. The highest BCUT2D eigenvalue weighted by Crippen LogP contribution is 2.47. The van der Waals surface area contributed by atoms with Gasteiger partial charge in [-0.2, -0.15) is 0 Å². The molecule has 8 heteroatoms. The number of oxime groups is 1. The second kappa shape index (κ2) is 11.6. The summed E-state index contributed by atoms with van der Waals surface area (Å²) < 4.78 is 1.97. The van der Waals surface area contributed by atoms with Gasteiger partial charge in [0, 0.05) is 30.6 Å². The van der Waals surface area contributed by atoms with Crippen LogP contribution in [-0.2, 0) is 9.63 Å². The highest BCUT2D eigenvalue weighted by molar-refractivity contribution is 6.00. The summed E-state index contributed by atoms with van der Waals surface area (Å²) in [5.41, 5.74) is 1.93. The molecule has 4 fully saturated rings. The van der Waals surface area contributed by atoms with Gasteiger partial charge in [0.2, 0.25) is 0 Å². The largest absolute Gasteiger partial charge is 0.481 e. The number of carbonyl (C=O) groups is 1. The van der Waals surface area contributed by atoms with Crippen LogP contribution in [0.4, 0.5) is 0 Å². The smallest absolute Gasteiger partial charge is 0.303 e. The molecule has 3 unspecified atom stereocenters. The van der Waals surface area contributed by atoms with Crippen molar-refractivity contribution in [3.8, 4) is 0 Å². The molecule has 2 aliphatic carbocycles. The maximum Gasteiger partial charge on any atom is 0.303 e. The number of benzene rings is 1. The third-order valence-electron chi connectivity index (χ3n) is 9.91. The van der Waals surface area contributed by atoms with Crippen molar-refractivity contribution in [3.63, 3.8) is 0 Å². The molecule has 1 aromatic carbocycles.